The fourth-order valence-electron chi connectivity index (χ4n) is 3.19. The van der Waals surface area contributed by atoms with Crippen LogP contribution in [0.5, 0.6) is 5.75 Å². The van der Waals surface area contributed by atoms with E-state index in [2.05, 4.69) is 4.90 Å². The first-order chi connectivity index (χ1) is 10.5. The highest BCUT2D eigenvalue weighted by Crippen LogP contribution is 2.40. The predicted octanol–water partition coefficient (Wildman–Crippen LogP) is 2.36. The molecule has 1 aromatic carbocycles. The van der Waals surface area contributed by atoms with Crippen molar-refractivity contribution in [2.75, 3.05) is 27.2 Å². The second-order valence-corrected chi connectivity index (χ2v) is 8.85. The summed E-state index contributed by atoms with van der Waals surface area (Å²) in [6.45, 7) is 1.55. The molecule has 0 N–H and O–H groups in total. The van der Waals surface area contributed by atoms with Gasteiger partial charge in [-0.3, -0.25) is 0 Å². The molecule has 1 aromatic rings. The van der Waals surface area contributed by atoms with Crippen molar-refractivity contribution in [3.63, 3.8) is 0 Å². The number of rotatable bonds is 5. The Labute approximate surface area is 132 Å². The third-order valence-corrected chi connectivity index (χ3v) is 7.07. The summed E-state index contributed by atoms with van der Waals surface area (Å²) in [6.07, 6.45) is 4.20. The van der Waals surface area contributed by atoms with Crippen molar-refractivity contribution in [2.24, 2.45) is 0 Å². The number of likely N-dealkylation sites (N-methyl/N-ethyl adjacent to an activating group) is 1. The monoisotopic (exact) mass is 321 g/mol. The van der Waals surface area contributed by atoms with Gasteiger partial charge in [0.05, 0.1) is 10.5 Å². The maximum Gasteiger partial charge on any atom is 0.159 e. The van der Waals surface area contributed by atoms with Crippen molar-refractivity contribution in [1.82, 2.24) is 4.90 Å². The van der Waals surface area contributed by atoms with E-state index in [0.717, 1.165) is 30.7 Å². The normalized spacial score (nSPS) is 26.0. The van der Waals surface area contributed by atoms with Gasteiger partial charge in [-0.2, -0.15) is 0 Å². The third-order valence-electron chi connectivity index (χ3n) is 4.53. The number of hydrogen-bond acceptors (Lipinski definition) is 4. The van der Waals surface area contributed by atoms with Crippen LogP contribution in [0.4, 0.5) is 0 Å². The van der Waals surface area contributed by atoms with Crippen molar-refractivity contribution in [1.29, 1.82) is 0 Å². The highest BCUT2D eigenvalue weighted by molar-refractivity contribution is 7.93. The van der Waals surface area contributed by atoms with Crippen LogP contribution in [0.2, 0.25) is 0 Å². The lowest BCUT2D eigenvalue weighted by Gasteiger charge is -2.20. The first-order valence-corrected chi connectivity index (χ1v) is 9.39. The van der Waals surface area contributed by atoms with Gasteiger partial charge in [-0.25, -0.2) is 8.42 Å². The van der Waals surface area contributed by atoms with Gasteiger partial charge in [-0.1, -0.05) is 18.2 Å². The van der Waals surface area contributed by atoms with E-state index >= 15 is 0 Å². The molecule has 1 fully saturated rings. The molecule has 5 heteroatoms. The molecule has 2 unspecified atom stereocenters. The zero-order valence-electron chi connectivity index (χ0n) is 13.2. The molecule has 0 radical (unpaired) electrons. The Bertz CT molecular complexity index is 662. The molecule has 120 valence electrons. The quantitative estimate of drug-likeness (QED) is 0.835. The van der Waals surface area contributed by atoms with E-state index in [1.165, 1.54) is 5.57 Å². The Balaban J connectivity index is 1.69. The number of ether oxygens (including phenoxy) is 1. The fraction of sp³-hybridized carbons (Fsp3) is 0.529. The zero-order valence-corrected chi connectivity index (χ0v) is 14.0. The standard InChI is InChI=1S/C17H23NO3S/c1-18(2)9-10-21-15-5-3-13(4-6-15)14-11-16-7-8-17(12-14)22(16,19)20/h3-6,11,16-17H,7-10,12H2,1-2H3. The first-order valence-electron chi connectivity index (χ1n) is 7.78. The summed E-state index contributed by atoms with van der Waals surface area (Å²) >= 11 is 0. The largest absolute Gasteiger partial charge is 0.492 e. The van der Waals surface area contributed by atoms with E-state index in [4.69, 9.17) is 4.74 Å². The number of benzene rings is 1. The molecule has 2 bridgehead atoms. The average Bonchev–Trinajstić information content (AvgIpc) is 2.67. The summed E-state index contributed by atoms with van der Waals surface area (Å²) in [5, 5.41) is -0.439. The van der Waals surface area contributed by atoms with Gasteiger partial charge < -0.3 is 9.64 Å². The molecule has 4 nitrogen and oxygen atoms in total. The Morgan fingerprint density at radius 1 is 1.18 bits per heavy atom. The molecule has 1 saturated heterocycles. The van der Waals surface area contributed by atoms with Gasteiger partial charge in [0.2, 0.25) is 0 Å². The average molecular weight is 321 g/mol. The van der Waals surface area contributed by atoms with Crippen LogP contribution < -0.4 is 4.74 Å². The van der Waals surface area contributed by atoms with E-state index in [1.807, 2.05) is 44.4 Å². The molecule has 2 atom stereocenters. The molecular formula is C17H23NO3S. The summed E-state index contributed by atoms with van der Waals surface area (Å²) in [7, 11) is 1.13. The zero-order chi connectivity index (χ0) is 15.7. The minimum Gasteiger partial charge on any atom is -0.492 e. The lowest BCUT2D eigenvalue weighted by Crippen LogP contribution is -2.26. The Morgan fingerprint density at radius 3 is 2.55 bits per heavy atom. The van der Waals surface area contributed by atoms with Gasteiger partial charge in [-0.15, -0.1) is 0 Å². The van der Waals surface area contributed by atoms with E-state index in [-0.39, 0.29) is 10.5 Å². The van der Waals surface area contributed by atoms with Gasteiger partial charge in [-0.05, 0) is 56.6 Å². The topological polar surface area (TPSA) is 46.6 Å². The Kier molecular flexibility index (Phi) is 4.28. The van der Waals surface area contributed by atoms with Gasteiger partial charge in [0.1, 0.15) is 12.4 Å². The smallest absolute Gasteiger partial charge is 0.159 e. The van der Waals surface area contributed by atoms with Crippen molar-refractivity contribution in [3.8, 4) is 5.75 Å². The van der Waals surface area contributed by atoms with Gasteiger partial charge in [0.25, 0.3) is 0 Å². The SMILES string of the molecule is CN(C)CCOc1ccc(C2=CC3CCC(C2)S3(=O)=O)cc1. The Hall–Kier alpha value is -1.33. The number of allylic oxidation sites excluding steroid dienone is 1. The maximum atomic E-state index is 12.1. The van der Waals surface area contributed by atoms with Crippen molar-refractivity contribution >= 4 is 15.4 Å². The van der Waals surface area contributed by atoms with Crippen molar-refractivity contribution < 1.29 is 13.2 Å². The molecule has 2 aliphatic rings. The second-order valence-electron chi connectivity index (χ2n) is 6.40. The molecule has 3 rings (SSSR count). The van der Waals surface area contributed by atoms with E-state index in [0.29, 0.717) is 13.0 Å². The van der Waals surface area contributed by atoms with Crippen molar-refractivity contribution in [3.05, 3.63) is 35.9 Å². The molecule has 0 aliphatic carbocycles. The van der Waals surface area contributed by atoms with Crippen LogP contribution in [0.3, 0.4) is 0 Å². The van der Waals surface area contributed by atoms with Crippen molar-refractivity contribution in [2.45, 2.75) is 29.8 Å². The lowest BCUT2D eigenvalue weighted by molar-refractivity contribution is 0.261. The molecule has 2 heterocycles. The van der Waals surface area contributed by atoms with Crippen LogP contribution in [0.25, 0.3) is 5.57 Å². The minimum atomic E-state index is -2.90. The predicted molar refractivity (Wildman–Crippen MR) is 88.8 cm³/mol. The number of hydrogen-bond donors (Lipinski definition) is 0. The highest BCUT2D eigenvalue weighted by Gasteiger charge is 2.43. The summed E-state index contributed by atoms with van der Waals surface area (Å²) in [5.41, 5.74) is 2.29. The van der Waals surface area contributed by atoms with Crippen LogP contribution >= 0.6 is 0 Å². The summed E-state index contributed by atoms with van der Waals surface area (Å²) < 4.78 is 29.9. The van der Waals surface area contributed by atoms with Gasteiger partial charge in [0, 0.05) is 6.54 Å². The van der Waals surface area contributed by atoms with Crippen LogP contribution in [-0.4, -0.2) is 51.1 Å². The highest BCUT2D eigenvalue weighted by atomic mass is 32.2. The van der Waals surface area contributed by atoms with Gasteiger partial charge in [0.15, 0.2) is 9.84 Å². The molecule has 22 heavy (non-hydrogen) atoms. The number of fused-ring (bicyclic) bond motifs is 2. The van der Waals surface area contributed by atoms with Crippen LogP contribution in [0.15, 0.2) is 30.3 Å². The Morgan fingerprint density at radius 2 is 1.91 bits per heavy atom. The van der Waals surface area contributed by atoms with E-state index in [9.17, 15) is 8.42 Å². The van der Waals surface area contributed by atoms with E-state index < -0.39 is 9.84 Å². The number of sulfone groups is 1. The molecular weight excluding hydrogens is 298 g/mol. The van der Waals surface area contributed by atoms with Crippen LogP contribution in [0.1, 0.15) is 24.8 Å². The first kappa shape index (κ1) is 15.6. The fourth-order valence-corrected chi connectivity index (χ4v) is 5.37. The second kappa shape index (κ2) is 6.05. The molecule has 2 aliphatic heterocycles. The minimum absolute atomic E-state index is 0.173. The van der Waals surface area contributed by atoms with Gasteiger partial charge >= 0.3 is 0 Å². The van der Waals surface area contributed by atoms with Crippen LogP contribution in [-0.2, 0) is 9.84 Å². The molecule has 0 spiro atoms. The summed E-state index contributed by atoms with van der Waals surface area (Å²) in [5.74, 6) is 0.859. The lowest BCUT2D eigenvalue weighted by atomic mass is 10.0. The van der Waals surface area contributed by atoms with Crippen LogP contribution in [0, 0.1) is 0 Å². The molecule has 0 aromatic heterocycles. The molecule has 0 saturated carbocycles. The number of nitrogens with zero attached hydrogens (tertiary/aromatic N) is 1. The maximum absolute atomic E-state index is 12.1. The third kappa shape index (κ3) is 3.06. The van der Waals surface area contributed by atoms with E-state index in [1.54, 1.807) is 0 Å². The summed E-state index contributed by atoms with van der Waals surface area (Å²) in [4.78, 5) is 2.08. The molecule has 0 amide bonds. The summed E-state index contributed by atoms with van der Waals surface area (Å²) in [6, 6.07) is 8.01.